The molecular weight excluding hydrogens is 234 g/mol. The number of benzene rings is 1. The lowest BCUT2D eigenvalue weighted by atomic mass is 10.0. The summed E-state index contributed by atoms with van der Waals surface area (Å²) in [7, 11) is 2.20. The van der Waals surface area contributed by atoms with Crippen LogP contribution in [-0.4, -0.2) is 49.1 Å². The zero-order chi connectivity index (χ0) is 13.8. The van der Waals surface area contributed by atoms with Crippen LogP contribution < -0.4 is 5.73 Å². The summed E-state index contributed by atoms with van der Waals surface area (Å²) in [5.41, 5.74) is 8.87. The van der Waals surface area contributed by atoms with E-state index in [1.165, 1.54) is 24.2 Å². The minimum Gasteiger partial charge on any atom is -0.324 e. The summed E-state index contributed by atoms with van der Waals surface area (Å²) < 4.78 is 0. The second kappa shape index (κ2) is 6.51. The molecule has 0 radical (unpaired) electrons. The summed E-state index contributed by atoms with van der Waals surface area (Å²) >= 11 is 0. The van der Waals surface area contributed by atoms with Crippen LogP contribution in [-0.2, 0) is 0 Å². The van der Waals surface area contributed by atoms with Crippen molar-refractivity contribution in [3.63, 3.8) is 0 Å². The minimum absolute atomic E-state index is 0.159. The number of nitrogens with zero attached hydrogens (tertiary/aromatic N) is 2. The molecule has 106 valence electrons. The summed E-state index contributed by atoms with van der Waals surface area (Å²) in [5, 5.41) is 0. The van der Waals surface area contributed by atoms with E-state index in [0.29, 0.717) is 6.04 Å². The van der Waals surface area contributed by atoms with Gasteiger partial charge in [0.2, 0.25) is 0 Å². The third-order valence-corrected chi connectivity index (χ3v) is 4.17. The van der Waals surface area contributed by atoms with Gasteiger partial charge in [-0.3, -0.25) is 4.90 Å². The summed E-state index contributed by atoms with van der Waals surface area (Å²) in [6.45, 7) is 9.04. The van der Waals surface area contributed by atoms with Crippen molar-refractivity contribution in [1.82, 2.24) is 9.80 Å². The molecule has 2 rings (SSSR count). The summed E-state index contributed by atoms with van der Waals surface area (Å²) in [5.74, 6) is 0. The van der Waals surface area contributed by atoms with Crippen LogP contribution in [0.2, 0.25) is 0 Å². The Morgan fingerprint density at radius 2 is 2.16 bits per heavy atom. The van der Waals surface area contributed by atoms with Gasteiger partial charge in [0.25, 0.3) is 0 Å². The first-order chi connectivity index (χ1) is 9.06. The minimum atomic E-state index is 0.159. The van der Waals surface area contributed by atoms with Gasteiger partial charge < -0.3 is 10.6 Å². The predicted molar refractivity (Wildman–Crippen MR) is 81.3 cm³/mol. The number of hydrogen-bond donors (Lipinski definition) is 1. The van der Waals surface area contributed by atoms with Crippen molar-refractivity contribution in [2.45, 2.75) is 32.4 Å². The molecule has 0 bridgehead atoms. The van der Waals surface area contributed by atoms with Crippen molar-refractivity contribution in [2.24, 2.45) is 5.73 Å². The maximum absolute atomic E-state index is 6.32. The molecule has 0 aliphatic carbocycles. The van der Waals surface area contributed by atoms with Crippen LogP contribution in [0.4, 0.5) is 0 Å². The number of hydrogen-bond acceptors (Lipinski definition) is 3. The summed E-state index contributed by atoms with van der Waals surface area (Å²) in [6.07, 6.45) is 1.04. The fraction of sp³-hybridized carbons (Fsp3) is 0.625. The van der Waals surface area contributed by atoms with Crippen LogP contribution in [0.5, 0.6) is 0 Å². The molecule has 1 aromatic carbocycles. The van der Waals surface area contributed by atoms with E-state index in [9.17, 15) is 0 Å². The quantitative estimate of drug-likeness (QED) is 0.900. The molecule has 2 unspecified atom stereocenters. The first kappa shape index (κ1) is 14.5. The average molecular weight is 261 g/mol. The van der Waals surface area contributed by atoms with Crippen molar-refractivity contribution in [2.75, 3.05) is 33.2 Å². The number of piperazine rings is 1. The molecular formula is C16H27N3. The van der Waals surface area contributed by atoms with Crippen LogP contribution in [0.25, 0.3) is 0 Å². The highest BCUT2D eigenvalue weighted by molar-refractivity contribution is 5.24. The molecule has 0 amide bonds. The van der Waals surface area contributed by atoms with E-state index >= 15 is 0 Å². The summed E-state index contributed by atoms with van der Waals surface area (Å²) in [4.78, 5) is 4.97. The largest absolute Gasteiger partial charge is 0.324 e. The highest BCUT2D eigenvalue weighted by Crippen LogP contribution is 2.17. The molecule has 2 atom stereocenters. The Labute approximate surface area is 117 Å². The van der Waals surface area contributed by atoms with Gasteiger partial charge in [-0.25, -0.2) is 0 Å². The van der Waals surface area contributed by atoms with Crippen molar-refractivity contribution in [3.8, 4) is 0 Å². The first-order valence-corrected chi connectivity index (χ1v) is 7.31. The third kappa shape index (κ3) is 4.03. The standard InChI is InChI=1S/C16H27N3/c1-13-5-4-6-15(11-13)16(17)7-8-19-10-9-18(3)12-14(19)2/h4-6,11,14,16H,7-10,12,17H2,1-3H3. The van der Waals surface area contributed by atoms with Crippen LogP contribution in [0.1, 0.15) is 30.5 Å². The molecule has 1 heterocycles. The fourth-order valence-corrected chi connectivity index (χ4v) is 2.88. The molecule has 19 heavy (non-hydrogen) atoms. The lowest BCUT2D eigenvalue weighted by molar-refractivity contribution is 0.0973. The molecule has 1 aliphatic heterocycles. The second-order valence-corrected chi connectivity index (χ2v) is 5.96. The maximum Gasteiger partial charge on any atom is 0.0307 e. The highest BCUT2D eigenvalue weighted by atomic mass is 15.3. The van der Waals surface area contributed by atoms with E-state index in [2.05, 4.69) is 55.0 Å². The average Bonchev–Trinajstić information content (AvgIpc) is 2.37. The van der Waals surface area contributed by atoms with Gasteiger partial charge in [0.15, 0.2) is 0 Å². The van der Waals surface area contributed by atoms with Gasteiger partial charge in [0.1, 0.15) is 0 Å². The Kier molecular flexibility index (Phi) is 4.97. The molecule has 0 spiro atoms. The van der Waals surface area contributed by atoms with Crippen molar-refractivity contribution in [3.05, 3.63) is 35.4 Å². The zero-order valence-electron chi connectivity index (χ0n) is 12.5. The molecule has 2 N–H and O–H groups in total. The number of aryl methyl sites for hydroxylation is 1. The molecule has 3 heteroatoms. The lowest BCUT2D eigenvalue weighted by Crippen LogP contribution is -2.50. The van der Waals surface area contributed by atoms with Crippen LogP contribution in [0.15, 0.2) is 24.3 Å². The first-order valence-electron chi connectivity index (χ1n) is 7.31. The Morgan fingerprint density at radius 1 is 1.37 bits per heavy atom. The smallest absolute Gasteiger partial charge is 0.0307 e. The van der Waals surface area contributed by atoms with E-state index in [-0.39, 0.29) is 6.04 Å². The Balaban J connectivity index is 1.85. The van der Waals surface area contributed by atoms with Crippen molar-refractivity contribution >= 4 is 0 Å². The molecule has 1 saturated heterocycles. The molecule has 0 aromatic heterocycles. The van der Waals surface area contributed by atoms with E-state index in [0.717, 1.165) is 19.5 Å². The van der Waals surface area contributed by atoms with Gasteiger partial charge in [-0.15, -0.1) is 0 Å². The highest BCUT2D eigenvalue weighted by Gasteiger charge is 2.21. The number of nitrogens with two attached hydrogens (primary N) is 1. The second-order valence-electron chi connectivity index (χ2n) is 5.96. The van der Waals surface area contributed by atoms with Crippen LogP contribution >= 0.6 is 0 Å². The van der Waals surface area contributed by atoms with Gasteiger partial charge in [0.05, 0.1) is 0 Å². The molecule has 1 aliphatic rings. The van der Waals surface area contributed by atoms with E-state index in [1.54, 1.807) is 0 Å². The third-order valence-electron chi connectivity index (χ3n) is 4.17. The molecule has 1 fully saturated rings. The van der Waals surface area contributed by atoms with Crippen LogP contribution in [0, 0.1) is 6.92 Å². The van der Waals surface area contributed by atoms with Crippen molar-refractivity contribution < 1.29 is 0 Å². The lowest BCUT2D eigenvalue weighted by Gasteiger charge is -2.38. The SMILES string of the molecule is Cc1cccc(C(N)CCN2CCN(C)CC2C)c1. The number of likely N-dealkylation sites (N-methyl/N-ethyl adjacent to an activating group) is 1. The Bertz CT molecular complexity index is 405. The van der Waals surface area contributed by atoms with E-state index in [4.69, 9.17) is 5.73 Å². The molecule has 3 nitrogen and oxygen atoms in total. The monoisotopic (exact) mass is 261 g/mol. The Hall–Kier alpha value is -0.900. The van der Waals surface area contributed by atoms with Gasteiger partial charge >= 0.3 is 0 Å². The maximum atomic E-state index is 6.32. The van der Waals surface area contributed by atoms with Crippen LogP contribution in [0.3, 0.4) is 0 Å². The van der Waals surface area contributed by atoms with Gasteiger partial charge in [-0.1, -0.05) is 29.8 Å². The van der Waals surface area contributed by atoms with E-state index < -0.39 is 0 Å². The van der Waals surface area contributed by atoms with Gasteiger partial charge in [0, 0.05) is 38.3 Å². The topological polar surface area (TPSA) is 32.5 Å². The normalized spacial score (nSPS) is 23.5. The van der Waals surface area contributed by atoms with Gasteiger partial charge in [-0.05, 0) is 32.9 Å². The molecule has 1 aromatic rings. The van der Waals surface area contributed by atoms with Crippen molar-refractivity contribution in [1.29, 1.82) is 0 Å². The molecule has 0 saturated carbocycles. The fourth-order valence-electron chi connectivity index (χ4n) is 2.88. The predicted octanol–water partition coefficient (Wildman–Crippen LogP) is 2.02. The Morgan fingerprint density at radius 3 is 2.84 bits per heavy atom. The summed E-state index contributed by atoms with van der Waals surface area (Å²) in [6, 6.07) is 9.38. The zero-order valence-corrected chi connectivity index (χ0v) is 12.5. The van der Waals surface area contributed by atoms with Gasteiger partial charge in [-0.2, -0.15) is 0 Å². The van der Waals surface area contributed by atoms with E-state index in [1.807, 2.05) is 0 Å². The number of rotatable bonds is 4.